The topological polar surface area (TPSA) is 9.29 Å². The molecule has 0 spiro atoms. The second kappa shape index (κ2) is 11.5. The number of nitrogens with zero attached hydrogens (tertiary/aromatic N) is 2. The average Bonchev–Trinajstić information content (AvgIpc) is 3.48. The zero-order valence-electron chi connectivity index (χ0n) is 25.2. The van der Waals surface area contributed by atoms with Crippen LogP contribution in [-0.4, -0.2) is 12.6 Å². The van der Waals surface area contributed by atoms with Crippen LogP contribution in [0.3, 0.4) is 0 Å². The lowest BCUT2D eigenvalue weighted by molar-refractivity contribution is 1.18. The van der Waals surface area contributed by atoms with E-state index in [2.05, 4.69) is 191 Å². The maximum Gasteiger partial charge on any atom is 0.196 e. The smallest absolute Gasteiger partial charge is 0.196 e. The number of hydrogen-bond acceptors (Lipinski definition) is 0. The first-order valence-corrected chi connectivity index (χ1v) is 17.6. The lowest BCUT2D eigenvalue weighted by Gasteiger charge is -2.36. The van der Waals surface area contributed by atoms with Crippen LogP contribution in [-0.2, 0) is 0 Å². The largest absolute Gasteiger partial charge is 0.311 e. The van der Waals surface area contributed by atoms with E-state index in [1.807, 2.05) is 0 Å². The van der Waals surface area contributed by atoms with E-state index in [1.54, 1.807) is 0 Å². The van der Waals surface area contributed by atoms with Gasteiger partial charge in [-0.1, -0.05) is 158 Å². The SMILES string of the molecule is [C-]#[N+]c1cc(-n2c3ccccc3c3ccccc32)ccc1-c1ccccc1[Si](c1ccccc1)(c1ccccc1)c1ccccc1. The van der Waals surface area contributed by atoms with E-state index < -0.39 is 8.07 Å². The van der Waals surface area contributed by atoms with Crippen LogP contribution >= 0.6 is 0 Å². The molecule has 0 saturated carbocycles. The lowest BCUT2D eigenvalue weighted by atomic mass is 10.0. The van der Waals surface area contributed by atoms with Gasteiger partial charge in [-0.2, -0.15) is 0 Å². The molecule has 3 heteroatoms. The summed E-state index contributed by atoms with van der Waals surface area (Å²) in [5, 5.41) is 7.62. The van der Waals surface area contributed by atoms with Gasteiger partial charge in [-0.05, 0) is 56.1 Å². The highest BCUT2D eigenvalue weighted by Crippen LogP contribution is 2.37. The molecule has 46 heavy (non-hydrogen) atoms. The van der Waals surface area contributed by atoms with E-state index in [0.29, 0.717) is 5.69 Å². The minimum absolute atomic E-state index is 0.642. The first kappa shape index (κ1) is 27.6. The van der Waals surface area contributed by atoms with Gasteiger partial charge in [0, 0.05) is 16.5 Å². The first-order valence-electron chi connectivity index (χ1n) is 15.6. The van der Waals surface area contributed by atoms with Crippen molar-refractivity contribution >= 4 is 56.3 Å². The molecule has 8 rings (SSSR count). The molecule has 0 aliphatic heterocycles. The number of hydrogen-bond donors (Lipinski definition) is 0. The molecule has 7 aromatic carbocycles. The summed E-state index contributed by atoms with van der Waals surface area (Å²) in [7, 11) is -2.81. The quantitative estimate of drug-likeness (QED) is 0.103. The molecule has 0 N–H and O–H groups in total. The normalized spacial score (nSPS) is 11.5. The zero-order chi connectivity index (χ0) is 30.9. The van der Waals surface area contributed by atoms with E-state index in [1.165, 1.54) is 31.5 Å². The van der Waals surface area contributed by atoms with Gasteiger partial charge in [0.1, 0.15) is 0 Å². The lowest BCUT2D eigenvalue weighted by Crippen LogP contribution is -2.75. The summed E-state index contributed by atoms with van der Waals surface area (Å²) in [6.45, 7) is 8.43. The molecule has 8 aromatic rings. The third-order valence-corrected chi connectivity index (χ3v) is 14.0. The fourth-order valence-electron chi connectivity index (χ4n) is 7.26. The van der Waals surface area contributed by atoms with Crippen LogP contribution in [0, 0.1) is 6.57 Å². The highest BCUT2D eigenvalue weighted by Gasteiger charge is 2.42. The van der Waals surface area contributed by atoms with Crippen molar-refractivity contribution in [3.05, 3.63) is 193 Å². The highest BCUT2D eigenvalue weighted by molar-refractivity contribution is 7.20. The number of fused-ring (bicyclic) bond motifs is 3. The Labute approximate surface area is 270 Å². The molecular weight excluding hydrogens is 573 g/mol. The zero-order valence-corrected chi connectivity index (χ0v) is 26.2. The molecule has 0 fully saturated rings. The van der Waals surface area contributed by atoms with Gasteiger partial charge >= 0.3 is 0 Å². The Morgan fingerprint density at radius 1 is 0.435 bits per heavy atom. The number of para-hydroxylation sites is 2. The van der Waals surface area contributed by atoms with Crippen LogP contribution in [0.5, 0.6) is 0 Å². The molecular formula is C43H30N2Si. The molecule has 0 aliphatic carbocycles. The van der Waals surface area contributed by atoms with Crippen LogP contribution in [0.25, 0.3) is 43.5 Å². The van der Waals surface area contributed by atoms with Gasteiger partial charge < -0.3 is 4.57 Å². The number of aromatic nitrogens is 1. The van der Waals surface area contributed by atoms with Crippen LogP contribution in [0.4, 0.5) is 5.69 Å². The standard InChI is InChI=1S/C43H30N2Si/c1-44-40-31-32(45-41-26-14-11-23-37(41)38-24-12-15-27-42(38)45)29-30-36(40)39-25-13-16-28-43(39)46(33-17-5-2-6-18-33,34-19-7-3-8-20-34)35-21-9-4-10-22-35/h2-31H. The predicted octanol–water partition coefficient (Wildman–Crippen LogP) is 8.38. The number of benzene rings is 7. The molecule has 0 atom stereocenters. The number of rotatable bonds is 6. The van der Waals surface area contributed by atoms with Crippen molar-refractivity contribution in [3.63, 3.8) is 0 Å². The summed E-state index contributed by atoms with van der Waals surface area (Å²) >= 11 is 0. The Hall–Kier alpha value is -5.95. The summed E-state index contributed by atoms with van der Waals surface area (Å²) in [6, 6.07) is 65.0. The summed E-state index contributed by atoms with van der Waals surface area (Å²) in [4.78, 5) is 4.17. The summed E-state index contributed by atoms with van der Waals surface area (Å²) < 4.78 is 2.28. The predicted molar refractivity (Wildman–Crippen MR) is 196 cm³/mol. The van der Waals surface area contributed by atoms with Crippen molar-refractivity contribution in [2.45, 2.75) is 0 Å². The highest BCUT2D eigenvalue weighted by atomic mass is 28.3. The molecule has 0 radical (unpaired) electrons. The van der Waals surface area contributed by atoms with Crippen LogP contribution in [0.15, 0.2) is 182 Å². The Bertz CT molecular complexity index is 2220. The second-order valence-corrected chi connectivity index (χ2v) is 15.3. The Morgan fingerprint density at radius 3 is 1.41 bits per heavy atom. The Morgan fingerprint density at radius 2 is 0.891 bits per heavy atom. The van der Waals surface area contributed by atoms with E-state index in [-0.39, 0.29) is 0 Å². The second-order valence-electron chi connectivity index (χ2n) is 11.6. The van der Waals surface area contributed by atoms with E-state index in [0.717, 1.165) is 27.8 Å². The fourth-order valence-corrected chi connectivity index (χ4v) is 12.2. The molecule has 216 valence electrons. The maximum absolute atomic E-state index is 8.43. The van der Waals surface area contributed by atoms with Gasteiger partial charge in [-0.15, -0.1) is 0 Å². The molecule has 0 unspecified atom stereocenters. The van der Waals surface area contributed by atoms with E-state index >= 15 is 0 Å². The molecule has 0 aliphatic rings. The van der Waals surface area contributed by atoms with Crippen molar-refractivity contribution in [2.75, 3.05) is 0 Å². The summed E-state index contributed by atoms with van der Waals surface area (Å²) in [5.74, 6) is 0. The maximum atomic E-state index is 8.43. The summed E-state index contributed by atoms with van der Waals surface area (Å²) in [5.41, 5.74) is 5.96. The van der Waals surface area contributed by atoms with Crippen LogP contribution in [0.1, 0.15) is 0 Å². The molecule has 0 bridgehead atoms. The van der Waals surface area contributed by atoms with Crippen molar-refractivity contribution in [1.82, 2.24) is 4.57 Å². The van der Waals surface area contributed by atoms with Crippen molar-refractivity contribution in [1.29, 1.82) is 0 Å². The molecule has 1 aromatic heterocycles. The first-order chi connectivity index (χ1) is 22.8. The molecule has 0 amide bonds. The van der Waals surface area contributed by atoms with Gasteiger partial charge in [0.2, 0.25) is 0 Å². The van der Waals surface area contributed by atoms with Gasteiger partial charge in [-0.3, -0.25) is 0 Å². The third kappa shape index (κ3) is 4.31. The Balaban J connectivity index is 1.41. The van der Waals surface area contributed by atoms with Crippen molar-refractivity contribution < 1.29 is 0 Å². The van der Waals surface area contributed by atoms with Gasteiger partial charge in [-0.25, -0.2) is 4.85 Å². The molecule has 1 heterocycles. The minimum atomic E-state index is -2.81. The van der Waals surface area contributed by atoms with Gasteiger partial charge in [0.25, 0.3) is 0 Å². The van der Waals surface area contributed by atoms with Crippen LogP contribution < -0.4 is 20.7 Å². The van der Waals surface area contributed by atoms with E-state index in [4.69, 9.17) is 6.57 Å². The average molecular weight is 603 g/mol. The molecule has 2 nitrogen and oxygen atoms in total. The van der Waals surface area contributed by atoms with Crippen molar-refractivity contribution in [2.24, 2.45) is 0 Å². The van der Waals surface area contributed by atoms with Crippen LogP contribution in [0.2, 0.25) is 0 Å². The van der Waals surface area contributed by atoms with E-state index in [9.17, 15) is 0 Å². The van der Waals surface area contributed by atoms with Gasteiger partial charge in [0.15, 0.2) is 13.8 Å². The fraction of sp³-hybridized carbons (Fsp3) is 0. The summed E-state index contributed by atoms with van der Waals surface area (Å²) in [6.07, 6.45) is 0. The molecule has 0 saturated heterocycles. The Kier molecular flexibility index (Phi) is 6.91. The minimum Gasteiger partial charge on any atom is -0.311 e. The van der Waals surface area contributed by atoms with Crippen molar-refractivity contribution in [3.8, 4) is 16.8 Å². The third-order valence-electron chi connectivity index (χ3n) is 9.18. The monoisotopic (exact) mass is 602 g/mol. The van der Waals surface area contributed by atoms with Gasteiger partial charge in [0.05, 0.1) is 17.6 Å².